The molecule has 1 aliphatic rings. The Balaban J connectivity index is 1.87. The quantitative estimate of drug-likeness (QED) is 0.690. The lowest BCUT2D eigenvalue weighted by atomic mass is 9.90. The van der Waals surface area contributed by atoms with Crippen LogP contribution in [0.15, 0.2) is 72.8 Å². The molecule has 1 aliphatic heterocycles. The van der Waals surface area contributed by atoms with Gasteiger partial charge in [0.15, 0.2) is 0 Å². The first-order valence-electron chi connectivity index (χ1n) is 7.87. The number of benzene rings is 3. The minimum atomic E-state index is -3.83. The van der Waals surface area contributed by atoms with E-state index in [4.69, 9.17) is 4.52 Å². The lowest BCUT2D eigenvalue weighted by Gasteiger charge is -2.25. The van der Waals surface area contributed by atoms with Crippen LogP contribution in [0, 0.1) is 0 Å². The molecular weight excluding hydrogens is 319 g/mol. The largest absolute Gasteiger partial charge is 0.421 e. The molecule has 2 unspecified atom stereocenters. The van der Waals surface area contributed by atoms with Crippen molar-refractivity contribution in [2.45, 2.75) is 12.8 Å². The molecule has 0 saturated carbocycles. The molecule has 2 atom stereocenters. The van der Waals surface area contributed by atoms with Crippen molar-refractivity contribution in [1.82, 2.24) is 0 Å². The van der Waals surface area contributed by atoms with Crippen LogP contribution in [0.25, 0.3) is 11.1 Å². The van der Waals surface area contributed by atoms with Crippen molar-refractivity contribution < 1.29 is 14.0 Å². The lowest BCUT2D eigenvalue weighted by molar-refractivity contribution is 0.392. The van der Waals surface area contributed by atoms with Crippen molar-refractivity contribution in [3.8, 4) is 16.9 Å². The molecule has 4 heteroatoms. The summed E-state index contributed by atoms with van der Waals surface area (Å²) in [5, 5.41) is 0.366. The fourth-order valence-corrected chi connectivity index (χ4v) is 4.45. The smallest absolute Gasteiger partial charge is 0.408 e. The van der Waals surface area contributed by atoms with Crippen LogP contribution in [-0.2, 0) is 4.57 Å². The van der Waals surface area contributed by atoms with E-state index >= 15 is 0 Å². The van der Waals surface area contributed by atoms with Gasteiger partial charge in [-0.05, 0) is 29.3 Å². The van der Waals surface area contributed by atoms with Gasteiger partial charge in [0.05, 0.1) is 5.30 Å². The molecule has 1 N–H and O–H groups in total. The van der Waals surface area contributed by atoms with Crippen LogP contribution in [0.2, 0.25) is 0 Å². The number of hydrogen-bond donors (Lipinski definition) is 1. The van der Waals surface area contributed by atoms with Crippen LogP contribution in [0.1, 0.15) is 24.0 Å². The Morgan fingerprint density at radius 1 is 0.875 bits per heavy atom. The van der Waals surface area contributed by atoms with E-state index in [1.165, 1.54) is 5.56 Å². The van der Waals surface area contributed by atoms with E-state index in [1.807, 2.05) is 42.5 Å². The predicted molar refractivity (Wildman–Crippen MR) is 95.9 cm³/mol. The molecule has 0 bridgehead atoms. The summed E-state index contributed by atoms with van der Waals surface area (Å²) in [7, 11) is -3.83. The highest BCUT2D eigenvalue weighted by molar-refractivity contribution is 7.62. The van der Waals surface area contributed by atoms with Crippen molar-refractivity contribution in [2.24, 2.45) is 0 Å². The highest BCUT2D eigenvalue weighted by Crippen LogP contribution is 2.52. The van der Waals surface area contributed by atoms with Crippen molar-refractivity contribution in [3.05, 3.63) is 83.9 Å². The zero-order valence-electron chi connectivity index (χ0n) is 13.2. The van der Waals surface area contributed by atoms with Crippen molar-refractivity contribution in [2.75, 3.05) is 0 Å². The van der Waals surface area contributed by atoms with Gasteiger partial charge >= 0.3 is 7.60 Å². The molecule has 24 heavy (non-hydrogen) atoms. The maximum atomic E-state index is 12.5. The third-order valence-corrected chi connectivity index (χ3v) is 5.97. The summed E-state index contributed by atoms with van der Waals surface area (Å²) in [5.74, 6) is 0.657. The zero-order valence-corrected chi connectivity index (χ0v) is 14.1. The Morgan fingerprint density at radius 3 is 2.38 bits per heavy atom. The Hall–Kier alpha value is -2.35. The van der Waals surface area contributed by atoms with Crippen molar-refractivity contribution >= 4 is 12.9 Å². The van der Waals surface area contributed by atoms with E-state index in [2.05, 4.69) is 19.1 Å². The van der Waals surface area contributed by atoms with Crippen LogP contribution in [0.3, 0.4) is 0 Å². The van der Waals surface area contributed by atoms with Gasteiger partial charge in [0.2, 0.25) is 0 Å². The lowest BCUT2D eigenvalue weighted by Crippen LogP contribution is -2.17. The molecule has 3 aromatic rings. The van der Waals surface area contributed by atoms with Crippen molar-refractivity contribution in [3.63, 3.8) is 0 Å². The van der Waals surface area contributed by atoms with Gasteiger partial charge in [-0.15, -0.1) is 0 Å². The normalized spacial score (nSPS) is 19.8. The molecule has 0 spiro atoms. The summed E-state index contributed by atoms with van der Waals surface area (Å²) in [4.78, 5) is 10.3. The third kappa shape index (κ3) is 2.47. The first kappa shape index (κ1) is 15.2. The first-order chi connectivity index (χ1) is 11.6. The monoisotopic (exact) mass is 336 g/mol. The average Bonchev–Trinajstić information content (AvgIpc) is 2.61. The van der Waals surface area contributed by atoms with Gasteiger partial charge in [0.25, 0.3) is 0 Å². The van der Waals surface area contributed by atoms with Gasteiger partial charge in [-0.2, -0.15) is 0 Å². The maximum absolute atomic E-state index is 12.5. The number of rotatable bonds is 2. The second-order valence-electron chi connectivity index (χ2n) is 6.02. The fraction of sp³-hybridized carbons (Fsp3) is 0.100. The summed E-state index contributed by atoms with van der Waals surface area (Å²) in [6.45, 7) is 2.14. The molecule has 120 valence electrons. The zero-order chi connectivity index (χ0) is 16.7. The molecule has 1 heterocycles. The van der Waals surface area contributed by atoms with Crippen LogP contribution >= 0.6 is 7.60 Å². The van der Waals surface area contributed by atoms with Crippen molar-refractivity contribution in [1.29, 1.82) is 0 Å². The topological polar surface area (TPSA) is 46.5 Å². The van der Waals surface area contributed by atoms with Gasteiger partial charge in [-0.1, -0.05) is 61.5 Å². The third-order valence-electron chi connectivity index (χ3n) is 4.52. The molecule has 0 aliphatic carbocycles. The molecular formula is C20H17O3P. The molecule has 0 aromatic heterocycles. The Morgan fingerprint density at radius 2 is 1.58 bits per heavy atom. The van der Waals surface area contributed by atoms with E-state index in [0.717, 1.165) is 16.7 Å². The number of para-hydroxylation sites is 1. The highest BCUT2D eigenvalue weighted by Gasteiger charge is 2.34. The van der Waals surface area contributed by atoms with Crippen LogP contribution < -0.4 is 9.83 Å². The van der Waals surface area contributed by atoms with Gasteiger partial charge < -0.3 is 9.42 Å². The summed E-state index contributed by atoms with van der Waals surface area (Å²) in [6, 6.07) is 23.3. The molecule has 0 amide bonds. The van der Waals surface area contributed by atoms with E-state index in [-0.39, 0.29) is 5.92 Å². The second kappa shape index (κ2) is 5.62. The summed E-state index contributed by atoms with van der Waals surface area (Å²) >= 11 is 0. The standard InChI is InChI=1S/C20H17O3P/c1-14(15-7-3-2-4-8-15)16-11-12-20-18(13-16)17-9-5-6-10-19(17)23-24(20,21)22/h2-14H,1H3,(H,21,22). The van der Waals surface area contributed by atoms with Gasteiger partial charge in [0, 0.05) is 17.0 Å². The Kier molecular flexibility index (Phi) is 3.56. The highest BCUT2D eigenvalue weighted by atomic mass is 31.2. The van der Waals surface area contributed by atoms with Gasteiger partial charge in [0.1, 0.15) is 5.75 Å². The first-order valence-corrected chi connectivity index (χ1v) is 9.45. The maximum Gasteiger partial charge on any atom is 0.408 e. The van der Waals surface area contributed by atoms with Gasteiger partial charge in [-0.25, -0.2) is 4.57 Å². The number of fused-ring (bicyclic) bond motifs is 3. The van der Waals surface area contributed by atoms with E-state index < -0.39 is 7.60 Å². The predicted octanol–water partition coefficient (Wildman–Crippen LogP) is 4.71. The van der Waals surface area contributed by atoms with Crippen LogP contribution in [-0.4, -0.2) is 4.89 Å². The van der Waals surface area contributed by atoms with E-state index in [1.54, 1.807) is 18.2 Å². The fourth-order valence-electron chi connectivity index (χ4n) is 3.17. The minimum Gasteiger partial charge on any atom is -0.421 e. The van der Waals surface area contributed by atoms with E-state index in [0.29, 0.717) is 11.1 Å². The molecule has 3 nitrogen and oxygen atoms in total. The number of hydrogen-bond acceptors (Lipinski definition) is 2. The van der Waals surface area contributed by atoms with E-state index in [9.17, 15) is 9.46 Å². The minimum absolute atomic E-state index is 0.199. The Bertz CT molecular complexity index is 950. The second-order valence-corrected chi connectivity index (χ2v) is 7.72. The van der Waals surface area contributed by atoms with Crippen LogP contribution in [0.4, 0.5) is 0 Å². The molecule has 0 fully saturated rings. The molecule has 3 aromatic carbocycles. The summed E-state index contributed by atoms with van der Waals surface area (Å²) < 4.78 is 17.8. The SMILES string of the molecule is CC(c1ccccc1)c1ccc2c(c1)-c1ccccc1OP2(=O)O. The molecule has 0 radical (unpaired) electrons. The Labute approximate surface area is 141 Å². The van der Waals surface area contributed by atoms with Gasteiger partial charge in [-0.3, -0.25) is 0 Å². The average molecular weight is 336 g/mol. The molecule has 4 rings (SSSR count). The van der Waals surface area contributed by atoms with Crippen LogP contribution in [0.5, 0.6) is 5.75 Å². The molecule has 0 saturated heterocycles. The summed E-state index contributed by atoms with van der Waals surface area (Å²) in [6.07, 6.45) is 0. The summed E-state index contributed by atoms with van der Waals surface area (Å²) in [5.41, 5.74) is 3.96.